The Morgan fingerprint density at radius 1 is 1.41 bits per heavy atom. The van der Waals surface area contributed by atoms with Crippen molar-refractivity contribution in [3.63, 3.8) is 0 Å². The topological polar surface area (TPSA) is 139 Å². The first-order valence-electron chi connectivity index (χ1n) is 8.49. The van der Waals surface area contributed by atoms with Crippen molar-refractivity contribution >= 4 is 29.4 Å². The molecule has 1 aliphatic heterocycles. The SMILES string of the molecule is COc1ccc(C)cc1N1CC(C(=O)NC(CCC(N)=O)C(=O)O)CC1=O. The van der Waals surface area contributed by atoms with Crippen LogP contribution >= 0.6 is 0 Å². The lowest BCUT2D eigenvalue weighted by Crippen LogP contribution is -2.44. The van der Waals surface area contributed by atoms with Crippen molar-refractivity contribution in [3.05, 3.63) is 23.8 Å². The van der Waals surface area contributed by atoms with Gasteiger partial charge in [0.25, 0.3) is 0 Å². The highest BCUT2D eigenvalue weighted by atomic mass is 16.5. The Kier molecular flexibility index (Phi) is 6.38. The van der Waals surface area contributed by atoms with E-state index in [1.807, 2.05) is 13.0 Å². The molecular formula is C18H23N3O6. The Labute approximate surface area is 156 Å². The van der Waals surface area contributed by atoms with Crippen LogP contribution in [0.5, 0.6) is 5.75 Å². The van der Waals surface area contributed by atoms with E-state index >= 15 is 0 Å². The predicted octanol–water partition coefficient (Wildman–Crippen LogP) is 0.191. The summed E-state index contributed by atoms with van der Waals surface area (Å²) in [5.41, 5.74) is 6.53. The number of carbonyl (C=O) groups is 4. The quantitative estimate of drug-likeness (QED) is 0.591. The zero-order chi connectivity index (χ0) is 20.1. The fraction of sp³-hybridized carbons (Fsp3) is 0.444. The van der Waals surface area contributed by atoms with Crippen LogP contribution in [0.15, 0.2) is 18.2 Å². The van der Waals surface area contributed by atoms with Gasteiger partial charge < -0.3 is 25.8 Å². The number of ether oxygens (including phenoxy) is 1. The monoisotopic (exact) mass is 377 g/mol. The van der Waals surface area contributed by atoms with Gasteiger partial charge in [-0.15, -0.1) is 0 Å². The molecule has 1 saturated heterocycles. The maximum absolute atomic E-state index is 12.4. The van der Waals surface area contributed by atoms with Crippen LogP contribution in [-0.4, -0.2) is 48.5 Å². The summed E-state index contributed by atoms with van der Waals surface area (Å²) >= 11 is 0. The number of benzene rings is 1. The second-order valence-electron chi connectivity index (χ2n) is 6.49. The zero-order valence-electron chi connectivity index (χ0n) is 15.2. The van der Waals surface area contributed by atoms with Gasteiger partial charge in [-0.1, -0.05) is 6.07 Å². The number of carboxylic acid groups (broad SMARTS) is 1. The Bertz CT molecular complexity index is 763. The van der Waals surface area contributed by atoms with E-state index in [1.54, 1.807) is 12.1 Å². The van der Waals surface area contributed by atoms with Gasteiger partial charge in [0.2, 0.25) is 17.7 Å². The number of rotatable bonds is 8. The molecule has 2 unspecified atom stereocenters. The molecule has 2 rings (SSSR count). The Balaban J connectivity index is 2.10. The third-order valence-corrected chi connectivity index (χ3v) is 4.41. The molecule has 9 nitrogen and oxygen atoms in total. The van der Waals surface area contributed by atoms with Gasteiger partial charge in [0.05, 0.1) is 18.7 Å². The van der Waals surface area contributed by atoms with Gasteiger partial charge in [-0.05, 0) is 31.0 Å². The number of anilines is 1. The number of methoxy groups -OCH3 is 1. The molecular weight excluding hydrogens is 354 g/mol. The molecule has 1 aliphatic rings. The van der Waals surface area contributed by atoms with E-state index < -0.39 is 29.7 Å². The highest BCUT2D eigenvalue weighted by molar-refractivity contribution is 6.01. The van der Waals surface area contributed by atoms with Crippen LogP contribution in [-0.2, 0) is 19.2 Å². The number of hydrogen-bond donors (Lipinski definition) is 3. The van der Waals surface area contributed by atoms with Crippen molar-refractivity contribution in [3.8, 4) is 5.75 Å². The van der Waals surface area contributed by atoms with Crippen LogP contribution < -0.4 is 20.7 Å². The Morgan fingerprint density at radius 2 is 2.11 bits per heavy atom. The molecule has 27 heavy (non-hydrogen) atoms. The van der Waals surface area contributed by atoms with Crippen LogP contribution in [0, 0.1) is 12.8 Å². The lowest BCUT2D eigenvalue weighted by atomic mass is 10.1. The first-order valence-corrected chi connectivity index (χ1v) is 8.49. The van der Waals surface area contributed by atoms with Gasteiger partial charge in [-0.2, -0.15) is 0 Å². The summed E-state index contributed by atoms with van der Waals surface area (Å²) in [7, 11) is 1.50. The molecule has 1 fully saturated rings. The van der Waals surface area contributed by atoms with Crippen LogP contribution in [0.4, 0.5) is 5.69 Å². The van der Waals surface area contributed by atoms with E-state index in [4.69, 9.17) is 10.5 Å². The van der Waals surface area contributed by atoms with Crippen molar-refractivity contribution < 1.29 is 29.0 Å². The maximum Gasteiger partial charge on any atom is 0.326 e. The number of nitrogens with two attached hydrogens (primary N) is 1. The normalized spacial score (nSPS) is 17.5. The molecule has 0 spiro atoms. The van der Waals surface area contributed by atoms with Crippen molar-refractivity contribution in [2.75, 3.05) is 18.6 Å². The molecule has 9 heteroatoms. The van der Waals surface area contributed by atoms with Gasteiger partial charge in [0, 0.05) is 19.4 Å². The second kappa shape index (κ2) is 8.52. The number of carbonyl (C=O) groups excluding carboxylic acids is 3. The third kappa shape index (κ3) is 4.96. The lowest BCUT2D eigenvalue weighted by molar-refractivity contribution is -0.142. The summed E-state index contributed by atoms with van der Waals surface area (Å²) in [6.45, 7) is 2.00. The highest BCUT2D eigenvalue weighted by Gasteiger charge is 2.37. The van der Waals surface area contributed by atoms with Crippen LogP contribution in [0.25, 0.3) is 0 Å². The fourth-order valence-electron chi connectivity index (χ4n) is 2.96. The van der Waals surface area contributed by atoms with E-state index in [2.05, 4.69) is 5.32 Å². The molecule has 1 aromatic carbocycles. The first kappa shape index (κ1) is 20.2. The molecule has 4 N–H and O–H groups in total. The lowest BCUT2D eigenvalue weighted by Gasteiger charge is -2.21. The highest BCUT2D eigenvalue weighted by Crippen LogP contribution is 2.34. The summed E-state index contributed by atoms with van der Waals surface area (Å²) in [4.78, 5) is 48.5. The Morgan fingerprint density at radius 3 is 2.70 bits per heavy atom. The third-order valence-electron chi connectivity index (χ3n) is 4.41. The molecule has 0 radical (unpaired) electrons. The van der Waals surface area contributed by atoms with Crippen LogP contribution in [0.2, 0.25) is 0 Å². The van der Waals surface area contributed by atoms with Crippen molar-refractivity contribution in [1.29, 1.82) is 0 Å². The minimum atomic E-state index is -1.26. The molecule has 0 aliphatic carbocycles. The molecule has 1 aromatic rings. The maximum atomic E-state index is 12.4. The Hall–Kier alpha value is -3.10. The summed E-state index contributed by atoms with van der Waals surface area (Å²) < 4.78 is 5.29. The van der Waals surface area contributed by atoms with Gasteiger partial charge in [0.1, 0.15) is 11.8 Å². The van der Waals surface area contributed by atoms with Gasteiger partial charge >= 0.3 is 5.97 Å². The number of carboxylic acids is 1. The van der Waals surface area contributed by atoms with Gasteiger partial charge in [-0.25, -0.2) is 4.79 Å². The number of nitrogens with zero attached hydrogens (tertiary/aromatic N) is 1. The number of amides is 3. The molecule has 1 heterocycles. The average molecular weight is 377 g/mol. The van der Waals surface area contributed by atoms with E-state index in [0.29, 0.717) is 11.4 Å². The van der Waals surface area contributed by atoms with E-state index in [1.165, 1.54) is 12.0 Å². The smallest absolute Gasteiger partial charge is 0.326 e. The fourth-order valence-corrected chi connectivity index (χ4v) is 2.96. The minimum absolute atomic E-state index is 0.0366. The van der Waals surface area contributed by atoms with Crippen LogP contribution in [0.1, 0.15) is 24.8 Å². The molecule has 2 atom stereocenters. The molecule has 0 bridgehead atoms. The van der Waals surface area contributed by atoms with Crippen LogP contribution in [0.3, 0.4) is 0 Å². The average Bonchev–Trinajstić information content (AvgIpc) is 2.99. The number of aliphatic carboxylic acids is 1. The summed E-state index contributed by atoms with van der Waals surface area (Å²) in [5, 5.41) is 11.6. The summed E-state index contributed by atoms with van der Waals surface area (Å²) in [5.74, 6) is -2.88. The van der Waals surface area contributed by atoms with Crippen molar-refractivity contribution in [2.45, 2.75) is 32.2 Å². The number of primary amides is 1. The minimum Gasteiger partial charge on any atom is -0.495 e. The summed E-state index contributed by atoms with van der Waals surface area (Å²) in [6, 6.07) is 4.16. The second-order valence-corrected chi connectivity index (χ2v) is 6.49. The number of aryl methyl sites for hydroxylation is 1. The molecule has 3 amide bonds. The number of hydrogen-bond acceptors (Lipinski definition) is 5. The van der Waals surface area contributed by atoms with E-state index in [-0.39, 0.29) is 31.7 Å². The molecule has 0 saturated carbocycles. The number of nitrogens with one attached hydrogen (secondary N) is 1. The largest absolute Gasteiger partial charge is 0.495 e. The van der Waals surface area contributed by atoms with Gasteiger partial charge in [-0.3, -0.25) is 14.4 Å². The van der Waals surface area contributed by atoms with Crippen molar-refractivity contribution in [2.24, 2.45) is 11.7 Å². The van der Waals surface area contributed by atoms with Crippen molar-refractivity contribution in [1.82, 2.24) is 5.32 Å². The first-order chi connectivity index (χ1) is 12.7. The van der Waals surface area contributed by atoms with E-state index in [9.17, 15) is 24.3 Å². The van der Waals surface area contributed by atoms with E-state index in [0.717, 1.165) is 5.56 Å². The predicted molar refractivity (Wildman–Crippen MR) is 96.2 cm³/mol. The molecule has 0 aromatic heterocycles. The van der Waals surface area contributed by atoms with Gasteiger partial charge in [0.15, 0.2) is 0 Å². The zero-order valence-corrected chi connectivity index (χ0v) is 15.2. The summed E-state index contributed by atoms with van der Waals surface area (Å²) in [6.07, 6.45) is -0.301. The molecule has 146 valence electrons. The standard InChI is InChI=1S/C18H23N3O6/c1-10-3-5-14(27-2)13(7-10)21-9-11(8-16(21)23)17(24)20-12(18(25)26)4-6-15(19)22/h3,5,7,11-12H,4,6,8-9H2,1-2H3,(H2,19,22)(H,20,24)(H,25,26).